The van der Waals surface area contributed by atoms with Crippen LogP contribution in [0.2, 0.25) is 0 Å². The van der Waals surface area contributed by atoms with Gasteiger partial charge in [0.15, 0.2) is 11.5 Å². The maximum absolute atomic E-state index is 12.5. The number of nitrogens with zero attached hydrogens (tertiary/aromatic N) is 2. The van der Waals surface area contributed by atoms with Crippen molar-refractivity contribution in [1.29, 1.82) is 5.26 Å². The number of methoxy groups -OCH3 is 1. The van der Waals surface area contributed by atoms with Crippen LogP contribution in [0.15, 0.2) is 34.9 Å². The van der Waals surface area contributed by atoms with Crippen LogP contribution in [0.1, 0.15) is 30.7 Å². The van der Waals surface area contributed by atoms with Gasteiger partial charge in [-0.2, -0.15) is 5.26 Å². The highest BCUT2D eigenvalue weighted by Crippen LogP contribution is 2.47. The first kappa shape index (κ1) is 17.3. The lowest BCUT2D eigenvalue weighted by molar-refractivity contribution is -0.386. The second kappa shape index (κ2) is 6.40. The van der Waals surface area contributed by atoms with Gasteiger partial charge in [-0.25, -0.2) is 0 Å². The van der Waals surface area contributed by atoms with E-state index in [1.54, 1.807) is 0 Å². The number of benzene rings is 1. The summed E-state index contributed by atoms with van der Waals surface area (Å²) < 4.78 is 10.5. The second-order valence-corrected chi connectivity index (χ2v) is 5.89. The second-order valence-electron chi connectivity index (χ2n) is 5.89. The van der Waals surface area contributed by atoms with Crippen LogP contribution in [0.25, 0.3) is 0 Å². The Morgan fingerprint density at radius 2 is 2.19 bits per heavy atom. The molecule has 2 aliphatic rings. The summed E-state index contributed by atoms with van der Waals surface area (Å²) in [5.41, 5.74) is 5.75. The number of phenolic OH excluding ortho intramolecular Hbond substituents is 1. The number of allylic oxidation sites excluding steroid dienone is 3. The van der Waals surface area contributed by atoms with E-state index in [0.29, 0.717) is 18.6 Å². The van der Waals surface area contributed by atoms with Crippen LogP contribution in [0, 0.1) is 21.4 Å². The number of hydrogen-bond donors (Lipinski definition) is 2. The van der Waals surface area contributed by atoms with Gasteiger partial charge in [-0.15, -0.1) is 0 Å². The van der Waals surface area contributed by atoms with Crippen LogP contribution in [-0.2, 0) is 9.53 Å². The van der Waals surface area contributed by atoms with E-state index in [4.69, 9.17) is 15.2 Å². The lowest BCUT2D eigenvalue weighted by atomic mass is 9.77. The van der Waals surface area contributed by atoms with Gasteiger partial charge in [-0.3, -0.25) is 14.9 Å². The van der Waals surface area contributed by atoms with Crippen molar-refractivity contribution in [3.05, 3.63) is 50.6 Å². The Bertz CT molecular complexity index is 925. The summed E-state index contributed by atoms with van der Waals surface area (Å²) >= 11 is 0. The molecule has 1 aromatic rings. The molecule has 26 heavy (non-hydrogen) atoms. The molecule has 0 saturated carbocycles. The van der Waals surface area contributed by atoms with E-state index in [1.165, 1.54) is 13.2 Å². The quantitative estimate of drug-likeness (QED) is 0.617. The van der Waals surface area contributed by atoms with Gasteiger partial charge >= 0.3 is 5.69 Å². The third-order valence-electron chi connectivity index (χ3n) is 4.43. The molecule has 0 bridgehead atoms. The van der Waals surface area contributed by atoms with Crippen LogP contribution in [-0.4, -0.2) is 22.9 Å². The Balaban J connectivity index is 2.28. The van der Waals surface area contributed by atoms with Crippen molar-refractivity contribution in [3.8, 4) is 17.6 Å². The predicted molar refractivity (Wildman–Crippen MR) is 87.8 cm³/mol. The monoisotopic (exact) mass is 357 g/mol. The predicted octanol–water partition coefficient (Wildman–Crippen LogP) is 2.12. The van der Waals surface area contributed by atoms with E-state index < -0.39 is 22.3 Å². The zero-order valence-corrected chi connectivity index (χ0v) is 13.8. The topological polar surface area (TPSA) is 149 Å². The standard InChI is InChI=1S/C17H15N3O6/c1-25-13-6-8(5-10(16(13)22)20(23)24)14-9(7-18)17(19)26-12-4-2-3-11(21)15(12)14/h5-6,14,22H,2-4,19H2,1H3. The zero-order chi connectivity index (χ0) is 19.0. The van der Waals surface area contributed by atoms with Gasteiger partial charge in [-0.1, -0.05) is 0 Å². The highest BCUT2D eigenvalue weighted by atomic mass is 16.6. The number of carbonyl (C=O) groups is 1. The van der Waals surface area contributed by atoms with Crippen LogP contribution in [0.4, 0.5) is 5.69 Å². The summed E-state index contributed by atoms with van der Waals surface area (Å²) in [6, 6.07) is 4.40. The molecule has 1 atom stereocenters. The molecule has 0 fully saturated rings. The molecule has 0 aromatic heterocycles. The van der Waals surface area contributed by atoms with Crippen LogP contribution in [0.5, 0.6) is 11.5 Å². The highest BCUT2D eigenvalue weighted by molar-refractivity contribution is 5.99. The van der Waals surface area contributed by atoms with E-state index in [-0.39, 0.29) is 40.5 Å². The third-order valence-corrected chi connectivity index (χ3v) is 4.43. The fourth-order valence-corrected chi connectivity index (χ4v) is 3.26. The van der Waals surface area contributed by atoms with E-state index in [1.807, 2.05) is 6.07 Å². The van der Waals surface area contributed by atoms with Gasteiger partial charge in [-0.05, 0) is 18.1 Å². The molecule has 1 aliphatic carbocycles. The van der Waals surface area contributed by atoms with Gasteiger partial charge < -0.3 is 20.3 Å². The Hall–Kier alpha value is -3.54. The zero-order valence-electron chi connectivity index (χ0n) is 13.8. The maximum Gasteiger partial charge on any atom is 0.314 e. The Labute approximate surface area is 148 Å². The number of carbonyl (C=O) groups excluding carboxylic acids is 1. The first-order valence-corrected chi connectivity index (χ1v) is 7.78. The van der Waals surface area contributed by atoms with Gasteiger partial charge in [0.05, 0.1) is 18.0 Å². The van der Waals surface area contributed by atoms with Crippen molar-refractivity contribution in [2.45, 2.75) is 25.2 Å². The lowest BCUT2D eigenvalue weighted by Gasteiger charge is -2.31. The largest absolute Gasteiger partial charge is 0.500 e. The van der Waals surface area contributed by atoms with Crippen molar-refractivity contribution in [2.24, 2.45) is 5.73 Å². The van der Waals surface area contributed by atoms with Crippen molar-refractivity contribution in [3.63, 3.8) is 0 Å². The van der Waals surface area contributed by atoms with Gasteiger partial charge in [0, 0.05) is 24.5 Å². The first-order chi connectivity index (χ1) is 12.4. The smallest absolute Gasteiger partial charge is 0.314 e. The fraction of sp³-hybridized carbons (Fsp3) is 0.294. The van der Waals surface area contributed by atoms with E-state index in [9.17, 15) is 25.3 Å². The summed E-state index contributed by atoms with van der Waals surface area (Å²) in [4.78, 5) is 23.0. The minimum absolute atomic E-state index is 0.0129. The van der Waals surface area contributed by atoms with Crippen molar-refractivity contribution >= 4 is 11.5 Å². The average molecular weight is 357 g/mol. The van der Waals surface area contributed by atoms with Gasteiger partial charge in [0.25, 0.3) is 0 Å². The number of Topliss-reactive ketones (excluding diaryl/α,β-unsaturated/α-hetero) is 1. The van der Waals surface area contributed by atoms with Crippen molar-refractivity contribution in [2.75, 3.05) is 7.11 Å². The number of nitro benzene ring substituents is 1. The molecule has 0 amide bonds. The Morgan fingerprint density at radius 1 is 1.46 bits per heavy atom. The number of aromatic hydroxyl groups is 1. The normalized spacial score (nSPS) is 19.5. The highest BCUT2D eigenvalue weighted by Gasteiger charge is 2.39. The molecular formula is C17H15N3O6. The van der Waals surface area contributed by atoms with E-state index in [2.05, 4.69) is 0 Å². The van der Waals surface area contributed by atoms with E-state index in [0.717, 1.165) is 6.07 Å². The molecule has 1 unspecified atom stereocenters. The van der Waals surface area contributed by atoms with Gasteiger partial charge in [0.1, 0.15) is 17.4 Å². The molecule has 0 radical (unpaired) electrons. The van der Waals surface area contributed by atoms with Crippen molar-refractivity contribution in [1.82, 2.24) is 0 Å². The van der Waals surface area contributed by atoms with Gasteiger partial charge in [0.2, 0.25) is 11.6 Å². The SMILES string of the molecule is COc1cc(C2C(C#N)=C(N)OC3=C2C(=O)CCC3)cc([N+](=O)[O-])c1O. The Morgan fingerprint density at radius 3 is 2.81 bits per heavy atom. The number of nitro groups is 1. The maximum atomic E-state index is 12.5. The lowest BCUT2D eigenvalue weighted by Crippen LogP contribution is -2.27. The summed E-state index contributed by atoms with van der Waals surface area (Å²) in [5, 5.41) is 30.8. The Kier molecular flexibility index (Phi) is 4.26. The number of rotatable bonds is 3. The molecule has 3 N–H and O–H groups in total. The molecule has 1 aliphatic heterocycles. The number of nitrogens with two attached hydrogens (primary N) is 1. The molecule has 9 nitrogen and oxygen atoms in total. The van der Waals surface area contributed by atoms with E-state index >= 15 is 0 Å². The van der Waals surface area contributed by atoms with Crippen LogP contribution in [0.3, 0.4) is 0 Å². The number of phenols is 1. The molecule has 0 saturated heterocycles. The molecule has 0 spiro atoms. The summed E-state index contributed by atoms with van der Waals surface area (Å²) in [6.45, 7) is 0. The van der Waals surface area contributed by atoms with Crippen molar-refractivity contribution < 1.29 is 24.3 Å². The minimum Gasteiger partial charge on any atom is -0.500 e. The number of hydrogen-bond acceptors (Lipinski definition) is 8. The molecule has 9 heteroatoms. The number of ketones is 1. The van der Waals surface area contributed by atoms with Crippen LogP contribution >= 0.6 is 0 Å². The molecule has 3 rings (SSSR count). The molecular weight excluding hydrogens is 342 g/mol. The average Bonchev–Trinajstić information content (AvgIpc) is 2.60. The summed E-state index contributed by atoms with van der Waals surface area (Å²) in [7, 11) is 1.25. The first-order valence-electron chi connectivity index (χ1n) is 7.78. The fourth-order valence-electron chi connectivity index (χ4n) is 3.26. The minimum atomic E-state index is -0.912. The van der Waals surface area contributed by atoms with Crippen LogP contribution < -0.4 is 10.5 Å². The molecule has 1 heterocycles. The molecule has 1 aromatic carbocycles. The third kappa shape index (κ3) is 2.61. The summed E-state index contributed by atoms with van der Waals surface area (Å²) in [6.07, 6.45) is 1.36. The molecule has 134 valence electrons. The number of ether oxygens (including phenoxy) is 2. The summed E-state index contributed by atoms with van der Waals surface area (Å²) in [5.74, 6) is -1.65. The number of nitriles is 1.